The van der Waals surface area contributed by atoms with Crippen molar-refractivity contribution < 1.29 is 19.7 Å². The van der Waals surface area contributed by atoms with E-state index in [1.807, 2.05) is 6.92 Å². The lowest BCUT2D eigenvalue weighted by atomic mass is 10.2. The highest BCUT2D eigenvalue weighted by Gasteiger charge is 2.23. The zero-order chi connectivity index (χ0) is 11.6. The summed E-state index contributed by atoms with van der Waals surface area (Å²) in [5, 5.41) is 17.3. The Bertz CT molecular complexity index is 149. The van der Waals surface area contributed by atoms with Crippen LogP contribution in [0.25, 0.3) is 0 Å². The minimum Gasteiger partial charge on any atom is -0.396 e. The predicted octanol–water partition coefficient (Wildman–Crippen LogP) is 1.08. The van der Waals surface area contributed by atoms with E-state index in [1.165, 1.54) is 0 Å². The molecular formula is C11H22O4. The van der Waals surface area contributed by atoms with Gasteiger partial charge in [0.2, 0.25) is 0 Å². The molecule has 0 aromatic rings. The van der Waals surface area contributed by atoms with E-state index in [-0.39, 0.29) is 13.2 Å². The van der Waals surface area contributed by atoms with Gasteiger partial charge < -0.3 is 19.7 Å². The third-order valence-corrected chi connectivity index (χ3v) is 1.93. The number of ether oxygens (including phenoxy) is 2. The van der Waals surface area contributed by atoms with Crippen molar-refractivity contribution in [3.63, 3.8) is 0 Å². The second-order valence-electron chi connectivity index (χ2n) is 3.48. The van der Waals surface area contributed by atoms with Crippen molar-refractivity contribution in [1.29, 1.82) is 0 Å². The second kappa shape index (κ2) is 8.85. The van der Waals surface area contributed by atoms with Gasteiger partial charge in [-0.2, -0.15) is 0 Å². The summed E-state index contributed by atoms with van der Waals surface area (Å²) >= 11 is 0. The summed E-state index contributed by atoms with van der Waals surface area (Å²) in [6.07, 6.45) is 3.51. The molecule has 4 nitrogen and oxygen atoms in total. The molecule has 0 aliphatic heterocycles. The zero-order valence-electron chi connectivity index (χ0n) is 9.45. The van der Waals surface area contributed by atoms with Crippen LogP contribution < -0.4 is 0 Å². The van der Waals surface area contributed by atoms with Gasteiger partial charge in [0.05, 0.1) is 13.2 Å². The van der Waals surface area contributed by atoms with Crippen molar-refractivity contribution in [3.05, 3.63) is 12.7 Å². The third kappa shape index (κ3) is 7.50. The van der Waals surface area contributed by atoms with Gasteiger partial charge in [-0.3, -0.25) is 0 Å². The molecule has 0 heterocycles. The van der Waals surface area contributed by atoms with E-state index >= 15 is 0 Å². The average Bonchev–Trinajstić information content (AvgIpc) is 2.19. The normalized spacial score (nSPS) is 11.7. The van der Waals surface area contributed by atoms with E-state index in [0.29, 0.717) is 32.5 Å². The standard InChI is InChI=1S/C11H22O4/c1-3-6-11(2,14-9-4-7-12)15-10-5-8-13/h3,12-13H,1,4-10H2,2H3. The summed E-state index contributed by atoms with van der Waals surface area (Å²) < 4.78 is 11.0. The molecule has 0 atom stereocenters. The summed E-state index contributed by atoms with van der Waals surface area (Å²) in [5.74, 6) is -0.688. The van der Waals surface area contributed by atoms with Gasteiger partial charge in [-0.15, -0.1) is 6.58 Å². The Hall–Kier alpha value is -0.420. The van der Waals surface area contributed by atoms with Crippen LogP contribution in [0.2, 0.25) is 0 Å². The van der Waals surface area contributed by atoms with E-state index in [1.54, 1.807) is 6.08 Å². The average molecular weight is 218 g/mol. The van der Waals surface area contributed by atoms with Crippen molar-refractivity contribution in [2.75, 3.05) is 26.4 Å². The molecule has 90 valence electrons. The minimum absolute atomic E-state index is 0.112. The molecule has 0 aliphatic carbocycles. The first-order valence-corrected chi connectivity index (χ1v) is 5.29. The van der Waals surface area contributed by atoms with Crippen LogP contribution in [0.15, 0.2) is 12.7 Å². The van der Waals surface area contributed by atoms with Gasteiger partial charge in [0.15, 0.2) is 5.79 Å². The highest BCUT2D eigenvalue weighted by atomic mass is 16.7. The Kier molecular flexibility index (Phi) is 8.61. The highest BCUT2D eigenvalue weighted by molar-refractivity contribution is 4.77. The summed E-state index contributed by atoms with van der Waals surface area (Å²) in [5.41, 5.74) is 0. The maximum Gasteiger partial charge on any atom is 0.168 e. The van der Waals surface area contributed by atoms with Crippen LogP contribution in [-0.2, 0) is 9.47 Å². The molecule has 0 amide bonds. The van der Waals surface area contributed by atoms with Crippen LogP contribution in [0.1, 0.15) is 26.2 Å². The van der Waals surface area contributed by atoms with Gasteiger partial charge in [-0.05, 0) is 19.8 Å². The lowest BCUT2D eigenvalue weighted by molar-refractivity contribution is -0.225. The molecule has 0 rings (SSSR count). The molecule has 2 N–H and O–H groups in total. The molecule has 0 aromatic carbocycles. The van der Waals surface area contributed by atoms with Crippen LogP contribution in [0, 0.1) is 0 Å². The Morgan fingerprint density at radius 3 is 1.93 bits per heavy atom. The van der Waals surface area contributed by atoms with E-state index in [2.05, 4.69) is 6.58 Å². The summed E-state index contributed by atoms with van der Waals surface area (Å²) in [4.78, 5) is 0. The SMILES string of the molecule is C=CCC(C)(OCCCO)OCCCO. The Morgan fingerprint density at radius 2 is 1.60 bits per heavy atom. The number of rotatable bonds is 10. The number of aliphatic hydroxyl groups excluding tert-OH is 2. The third-order valence-electron chi connectivity index (χ3n) is 1.93. The van der Waals surface area contributed by atoms with Crippen LogP contribution in [0.5, 0.6) is 0 Å². The smallest absolute Gasteiger partial charge is 0.168 e. The maximum absolute atomic E-state index is 8.63. The first-order chi connectivity index (χ1) is 7.18. The minimum atomic E-state index is -0.688. The van der Waals surface area contributed by atoms with Crippen molar-refractivity contribution in [2.45, 2.75) is 32.0 Å². The number of hydrogen-bond donors (Lipinski definition) is 2. The highest BCUT2D eigenvalue weighted by Crippen LogP contribution is 2.18. The second-order valence-corrected chi connectivity index (χ2v) is 3.48. The lowest BCUT2D eigenvalue weighted by Crippen LogP contribution is -2.33. The molecule has 0 bridgehead atoms. The first kappa shape index (κ1) is 14.6. The van der Waals surface area contributed by atoms with Crippen LogP contribution >= 0.6 is 0 Å². The first-order valence-electron chi connectivity index (χ1n) is 5.29. The molecule has 0 saturated carbocycles. The van der Waals surface area contributed by atoms with Crippen LogP contribution in [-0.4, -0.2) is 42.4 Å². The fourth-order valence-corrected chi connectivity index (χ4v) is 1.13. The molecule has 0 aromatic heterocycles. The Balaban J connectivity index is 3.88. The van der Waals surface area contributed by atoms with E-state index < -0.39 is 5.79 Å². The van der Waals surface area contributed by atoms with Crippen molar-refractivity contribution >= 4 is 0 Å². The van der Waals surface area contributed by atoms with Gasteiger partial charge in [0.25, 0.3) is 0 Å². The molecule has 15 heavy (non-hydrogen) atoms. The van der Waals surface area contributed by atoms with Gasteiger partial charge in [-0.25, -0.2) is 0 Å². The number of aliphatic hydroxyl groups is 2. The van der Waals surface area contributed by atoms with Crippen LogP contribution in [0.3, 0.4) is 0 Å². The fourth-order valence-electron chi connectivity index (χ4n) is 1.13. The molecule has 0 saturated heterocycles. The topological polar surface area (TPSA) is 58.9 Å². The lowest BCUT2D eigenvalue weighted by Gasteiger charge is -2.29. The van der Waals surface area contributed by atoms with E-state index in [0.717, 1.165) is 0 Å². The van der Waals surface area contributed by atoms with Gasteiger partial charge in [0, 0.05) is 19.6 Å². The monoisotopic (exact) mass is 218 g/mol. The molecular weight excluding hydrogens is 196 g/mol. The quantitative estimate of drug-likeness (QED) is 0.327. The van der Waals surface area contributed by atoms with E-state index in [4.69, 9.17) is 19.7 Å². The fraction of sp³-hybridized carbons (Fsp3) is 0.818. The molecule has 0 spiro atoms. The Labute approximate surface area is 91.5 Å². The molecule has 0 unspecified atom stereocenters. The van der Waals surface area contributed by atoms with Gasteiger partial charge >= 0.3 is 0 Å². The molecule has 4 heteroatoms. The number of hydrogen-bond acceptors (Lipinski definition) is 4. The maximum atomic E-state index is 8.63. The largest absolute Gasteiger partial charge is 0.396 e. The predicted molar refractivity (Wildman–Crippen MR) is 58.5 cm³/mol. The van der Waals surface area contributed by atoms with Crippen molar-refractivity contribution in [2.24, 2.45) is 0 Å². The van der Waals surface area contributed by atoms with Gasteiger partial charge in [-0.1, -0.05) is 6.08 Å². The zero-order valence-corrected chi connectivity index (χ0v) is 9.45. The Morgan fingerprint density at radius 1 is 1.13 bits per heavy atom. The van der Waals surface area contributed by atoms with Crippen molar-refractivity contribution in [1.82, 2.24) is 0 Å². The van der Waals surface area contributed by atoms with Gasteiger partial charge in [0.1, 0.15) is 0 Å². The van der Waals surface area contributed by atoms with Crippen molar-refractivity contribution in [3.8, 4) is 0 Å². The molecule has 0 radical (unpaired) electrons. The van der Waals surface area contributed by atoms with E-state index in [9.17, 15) is 0 Å². The summed E-state index contributed by atoms with van der Waals surface area (Å²) in [6, 6.07) is 0. The molecule has 0 fully saturated rings. The summed E-state index contributed by atoms with van der Waals surface area (Å²) in [7, 11) is 0. The summed E-state index contributed by atoms with van der Waals surface area (Å²) in [6.45, 7) is 6.62. The molecule has 0 aliphatic rings. The van der Waals surface area contributed by atoms with Crippen LogP contribution in [0.4, 0.5) is 0 Å².